The molecule has 0 spiro atoms. The number of hydrogen-bond donors (Lipinski definition) is 1. The Hall–Kier alpha value is -0.460. The Kier molecular flexibility index (Phi) is 2.16. The second kappa shape index (κ2) is 3.29. The van der Waals surface area contributed by atoms with Crippen molar-refractivity contribution in [3.05, 3.63) is 11.8 Å². The molecular formula is C10H17N. The van der Waals surface area contributed by atoms with Gasteiger partial charge in [0.15, 0.2) is 0 Å². The van der Waals surface area contributed by atoms with E-state index in [2.05, 4.69) is 11.4 Å². The molecule has 1 fully saturated rings. The van der Waals surface area contributed by atoms with Gasteiger partial charge < -0.3 is 5.32 Å². The average Bonchev–Trinajstić information content (AvgIpc) is 2.28. The zero-order valence-corrected chi connectivity index (χ0v) is 7.10. The Morgan fingerprint density at radius 1 is 1.18 bits per heavy atom. The molecule has 11 heavy (non-hydrogen) atoms. The van der Waals surface area contributed by atoms with E-state index < -0.39 is 0 Å². The van der Waals surface area contributed by atoms with Gasteiger partial charge in [-0.15, -0.1) is 0 Å². The van der Waals surface area contributed by atoms with Crippen LogP contribution in [0.1, 0.15) is 38.5 Å². The van der Waals surface area contributed by atoms with E-state index in [4.69, 9.17) is 0 Å². The van der Waals surface area contributed by atoms with Crippen molar-refractivity contribution in [3.63, 3.8) is 0 Å². The molecule has 1 atom stereocenters. The molecule has 1 nitrogen and oxygen atoms in total. The zero-order chi connectivity index (χ0) is 7.52. The Balaban J connectivity index is 2.07. The van der Waals surface area contributed by atoms with Gasteiger partial charge in [-0.05, 0) is 38.0 Å². The van der Waals surface area contributed by atoms with Crippen LogP contribution in [-0.4, -0.2) is 6.54 Å². The summed E-state index contributed by atoms with van der Waals surface area (Å²) in [5.41, 5.74) is 1.56. The number of rotatable bonds is 0. The van der Waals surface area contributed by atoms with Crippen LogP contribution in [0.4, 0.5) is 0 Å². The van der Waals surface area contributed by atoms with Gasteiger partial charge in [0.2, 0.25) is 0 Å². The summed E-state index contributed by atoms with van der Waals surface area (Å²) in [6.07, 6.45) is 10.8. The molecule has 62 valence electrons. The molecule has 1 heterocycles. The van der Waals surface area contributed by atoms with Gasteiger partial charge in [-0.2, -0.15) is 0 Å². The van der Waals surface area contributed by atoms with E-state index >= 15 is 0 Å². The van der Waals surface area contributed by atoms with Crippen LogP contribution in [0.15, 0.2) is 11.8 Å². The monoisotopic (exact) mass is 151 g/mol. The minimum absolute atomic E-state index is 0.895. The summed E-state index contributed by atoms with van der Waals surface area (Å²) in [4.78, 5) is 0. The number of hydrogen-bond acceptors (Lipinski definition) is 1. The molecule has 1 N–H and O–H groups in total. The quantitative estimate of drug-likeness (QED) is 0.560. The highest BCUT2D eigenvalue weighted by Crippen LogP contribution is 2.28. The molecular weight excluding hydrogens is 134 g/mol. The van der Waals surface area contributed by atoms with Crippen LogP contribution in [-0.2, 0) is 0 Å². The van der Waals surface area contributed by atoms with Crippen LogP contribution in [0.25, 0.3) is 0 Å². The van der Waals surface area contributed by atoms with Crippen LogP contribution < -0.4 is 5.32 Å². The van der Waals surface area contributed by atoms with Gasteiger partial charge in [0.25, 0.3) is 0 Å². The van der Waals surface area contributed by atoms with Crippen LogP contribution >= 0.6 is 0 Å². The molecule has 0 aromatic rings. The van der Waals surface area contributed by atoms with Crippen molar-refractivity contribution < 1.29 is 0 Å². The molecule has 0 aromatic carbocycles. The summed E-state index contributed by atoms with van der Waals surface area (Å²) in [5, 5.41) is 3.54. The van der Waals surface area contributed by atoms with E-state index in [1.54, 1.807) is 5.70 Å². The highest BCUT2D eigenvalue weighted by atomic mass is 14.9. The summed E-state index contributed by atoms with van der Waals surface area (Å²) >= 11 is 0. The maximum absolute atomic E-state index is 3.54. The number of allylic oxidation sites excluding steroid dienone is 2. The SMILES string of the molecule is C1=C2NCCCCC2CCC1. The number of fused-ring (bicyclic) bond motifs is 1. The summed E-state index contributed by atoms with van der Waals surface area (Å²) < 4.78 is 0. The molecule has 2 rings (SSSR count). The van der Waals surface area contributed by atoms with Gasteiger partial charge in [-0.1, -0.05) is 12.5 Å². The fourth-order valence-electron chi connectivity index (χ4n) is 2.21. The van der Waals surface area contributed by atoms with Crippen molar-refractivity contribution in [3.8, 4) is 0 Å². The first-order valence-corrected chi connectivity index (χ1v) is 4.91. The lowest BCUT2D eigenvalue weighted by atomic mass is 9.89. The Bertz CT molecular complexity index is 160. The normalized spacial score (nSPS) is 31.3. The van der Waals surface area contributed by atoms with E-state index in [1.165, 1.54) is 45.1 Å². The molecule has 0 saturated carbocycles. The Morgan fingerprint density at radius 2 is 2.09 bits per heavy atom. The van der Waals surface area contributed by atoms with Crippen molar-refractivity contribution >= 4 is 0 Å². The molecule has 1 unspecified atom stereocenters. The lowest BCUT2D eigenvalue weighted by molar-refractivity contribution is 0.465. The van der Waals surface area contributed by atoms with Crippen LogP contribution in [0.2, 0.25) is 0 Å². The summed E-state index contributed by atoms with van der Waals surface area (Å²) in [6, 6.07) is 0. The lowest BCUT2D eigenvalue weighted by Crippen LogP contribution is -2.20. The van der Waals surface area contributed by atoms with E-state index in [9.17, 15) is 0 Å². The molecule has 0 radical (unpaired) electrons. The van der Waals surface area contributed by atoms with Gasteiger partial charge >= 0.3 is 0 Å². The molecule has 1 saturated heterocycles. The smallest absolute Gasteiger partial charge is 0.0143 e. The predicted octanol–water partition coefficient (Wildman–Crippen LogP) is 2.44. The first kappa shape index (κ1) is 7.20. The lowest BCUT2D eigenvalue weighted by Gasteiger charge is -2.22. The molecule has 1 aliphatic heterocycles. The van der Waals surface area contributed by atoms with Gasteiger partial charge in [0.05, 0.1) is 0 Å². The molecule has 0 aromatic heterocycles. The maximum atomic E-state index is 3.54. The van der Waals surface area contributed by atoms with Crippen LogP contribution in [0, 0.1) is 5.92 Å². The van der Waals surface area contributed by atoms with Gasteiger partial charge in [-0.25, -0.2) is 0 Å². The standard InChI is InChI=1S/C10H17N/c1-2-7-10-9(5-1)6-3-4-8-11-10/h7,9,11H,1-6,8H2. The molecule has 1 aliphatic carbocycles. The Morgan fingerprint density at radius 3 is 3.09 bits per heavy atom. The van der Waals surface area contributed by atoms with Crippen molar-refractivity contribution in [1.29, 1.82) is 0 Å². The number of nitrogens with one attached hydrogen (secondary N) is 1. The van der Waals surface area contributed by atoms with E-state index in [-0.39, 0.29) is 0 Å². The third-order valence-corrected chi connectivity index (χ3v) is 2.87. The first-order chi connectivity index (χ1) is 5.47. The molecule has 0 bridgehead atoms. The van der Waals surface area contributed by atoms with Crippen molar-refractivity contribution in [1.82, 2.24) is 5.32 Å². The fraction of sp³-hybridized carbons (Fsp3) is 0.800. The highest BCUT2D eigenvalue weighted by molar-refractivity contribution is 5.08. The van der Waals surface area contributed by atoms with Gasteiger partial charge in [-0.3, -0.25) is 0 Å². The highest BCUT2D eigenvalue weighted by Gasteiger charge is 2.18. The minimum Gasteiger partial charge on any atom is -0.388 e. The third kappa shape index (κ3) is 1.58. The van der Waals surface area contributed by atoms with E-state index in [0.29, 0.717) is 0 Å². The van der Waals surface area contributed by atoms with Crippen LogP contribution in [0.5, 0.6) is 0 Å². The summed E-state index contributed by atoms with van der Waals surface area (Å²) in [7, 11) is 0. The van der Waals surface area contributed by atoms with E-state index in [1.807, 2.05) is 0 Å². The summed E-state index contributed by atoms with van der Waals surface area (Å²) in [5.74, 6) is 0.895. The predicted molar refractivity (Wildman–Crippen MR) is 47.3 cm³/mol. The topological polar surface area (TPSA) is 12.0 Å². The largest absolute Gasteiger partial charge is 0.388 e. The second-order valence-corrected chi connectivity index (χ2v) is 3.71. The van der Waals surface area contributed by atoms with Crippen molar-refractivity contribution in [2.75, 3.05) is 6.54 Å². The van der Waals surface area contributed by atoms with Gasteiger partial charge in [0.1, 0.15) is 0 Å². The maximum Gasteiger partial charge on any atom is 0.0143 e. The van der Waals surface area contributed by atoms with Crippen molar-refractivity contribution in [2.45, 2.75) is 38.5 Å². The third-order valence-electron chi connectivity index (χ3n) is 2.87. The minimum atomic E-state index is 0.895. The average molecular weight is 151 g/mol. The Labute approximate surface area is 68.9 Å². The molecule has 2 aliphatic rings. The second-order valence-electron chi connectivity index (χ2n) is 3.71. The molecule has 1 heteroatoms. The fourth-order valence-corrected chi connectivity index (χ4v) is 2.21. The summed E-state index contributed by atoms with van der Waals surface area (Å²) in [6.45, 7) is 1.21. The zero-order valence-electron chi connectivity index (χ0n) is 7.10. The first-order valence-electron chi connectivity index (χ1n) is 4.91. The van der Waals surface area contributed by atoms with Gasteiger partial charge in [0, 0.05) is 12.2 Å². The van der Waals surface area contributed by atoms with E-state index in [0.717, 1.165) is 5.92 Å². The molecule has 0 amide bonds. The van der Waals surface area contributed by atoms with Crippen LogP contribution in [0.3, 0.4) is 0 Å². The van der Waals surface area contributed by atoms with Crippen molar-refractivity contribution in [2.24, 2.45) is 5.92 Å².